The van der Waals surface area contributed by atoms with Crippen molar-refractivity contribution in [3.8, 4) is 0 Å². The smallest absolute Gasteiger partial charge is 0.191 e. The maximum atomic E-state index is 6.09. The lowest BCUT2D eigenvalue weighted by atomic mass is 9.88. The number of nitrogens with two attached hydrogens (primary N) is 1. The highest BCUT2D eigenvalue weighted by Gasteiger charge is 2.51. The van der Waals surface area contributed by atoms with Gasteiger partial charge in [0.1, 0.15) is 0 Å². The van der Waals surface area contributed by atoms with Gasteiger partial charge in [-0.2, -0.15) is 0 Å². The molecular weight excluding hydrogens is 214 g/mol. The van der Waals surface area contributed by atoms with Crippen molar-refractivity contribution in [2.24, 2.45) is 16.6 Å². The summed E-state index contributed by atoms with van der Waals surface area (Å²) in [4.78, 5) is 6.87. The molecule has 0 radical (unpaired) electrons. The molecule has 0 aromatic carbocycles. The fourth-order valence-corrected chi connectivity index (χ4v) is 3.45. The number of hydrogen-bond donors (Lipinski definition) is 1. The molecule has 2 unspecified atom stereocenters. The molecule has 0 spiro atoms. The molecule has 4 nitrogen and oxygen atoms in total. The molecule has 17 heavy (non-hydrogen) atoms. The van der Waals surface area contributed by atoms with Gasteiger partial charge in [0.05, 0.1) is 18.2 Å². The van der Waals surface area contributed by atoms with Crippen LogP contribution in [0.2, 0.25) is 0 Å². The van der Waals surface area contributed by atoms with Crippen molar-refractivity contribution in [2.75, 3.05) is 19.7 Å². The summed E-state index contributed by atoms with van der Waals surface area (Å²) in [6.45, 7) is 5.03. The van der Waals surface area contributed by atoms with Crippen LogP contribution < -0.4 is 5.73 Å². The van der Waals surface area contributed by atoms with E-state index in [0.29, 0.717) is 6.10 Å². The molecule has 1 saturated carbocycles. The average Bonchev–Trinajstić information content (AvgIpc) is 2.98. The van der Waals surface area contributed by atoms with Gasteiger partial charge in [-0.25, -0.2) is 0 Å². The Morgan fingerprint density at radius 1 is 1.47 bits per heavy atom. The van der Waals surface area contributed by atoms with Crippen LogP contribution in [0.5, 0.6) is 0 Å². The van der Waals surface area contributed by atoms with Crippen molar-refractivity contribution < 1.29 is 4.74 Å². The summed E-state index contributed by atoms with van der Waals surface area (Å²) in [5.41, 5.74) is 6.31. The fraction of sp³-hybridized carbons (Fsp3) is 0.923. The third kappa shape index (κ3) is 1.82. The van der Waals surface area contributed by atoms with E-state index in [9.17, 15) is 0 Å². The maximum Gasteiger partial charge on any atom is 0.191 e. The molecule has 0 amide bonds. The summed E-state index contributed by atoms with van der Waals surface area (Å²) >= 11 is 0. The van der Waals surface area contributed by atoms with Crippen LogP contribution in [-0.2, 0) is 4.74 Å². The first-order chi connectivity index (χ1) is 8.26. The van der Waals surface area contributed by atoms with Crippen LogP contribution in [0.25, 0.3) is 0 Å². The maximum absolute atomic E-state index is 6.09. The summed E-state index contributed by atoms with van der Waals surface area (Å²) in [6, 6.07) is 0. The van der Waals surface area contributed by atoms with E-state index in [1.807, 2.05) is 0 Å². The van der Waals surface area contributed by atoms with Gasteiger partial charge in [-0.3, -0.25) is 4.99 Å². The molecule has 2 N–H and O–H groups in total. The van der Waals surface area contributed by atoms with Gasteiger partial charge in [-0.05, 0) is 38.0 Å². The number of rotatable bonds is 4. The van der Waals surface area contributed by atoms with Gasteiger partial charge in [0, 0.05) is 13.2 Å². The second-order valence-electron chi connectivity index (χ2n) is 5.65. The summed E-state index contributed by atoms with van der Waals surface area (Å²) in [7, 11) is 0. The third-order valence-corrected chi connectivity index (χ3v) is 4.69. The number of aliphatic imine (C=N–C) groups is 1. The van der Waals surface area contributed by atoms with Crippen LogP contribution in [0.4, 0.5) is 0 Å². The number of hydrogen-bond acceptors (Lipinski definition) is 4. The van der Waals surface area contributed by atoms with E-state index in [1.165, 1.54) is 25.7 Å². The van der Waals surface area contributed by atoms with Gasteiger partial charge in [0.25, 0.3) is 0 Å². The molecule has 1 aliphatic carbocycles. The number of nitrogens with zero attached hydrogens (tertiary/aromatic N) is 2. The van der Waals surface area contributed by atoms with E-state index in [2.05, 4.69) is 16.8 Å². The normalized spacial score (nSPS) is 37.6. The Morgan fingerprint density at radius 2 is 2.29 bits per heavy atom. The lowest BCUT2D eigenvalue weighted by Crippen LogP contribution is -2.55. The van der Waals surface area contributed by atoms with E-state index in [4.69, 9.17) is 10.5 Å². The van der Waals surface area contributed by atoms with Crippen molar-refractivity contribution in [2.45, 2.75) is 50.7 Å². The van der Waals surface area contributed by atoms with Crippen molar-refractivity contribution in [3.63, 3.8) is 0 Å². The third-order valence-electron chi connectivity index (χ3n) is 4.69. The Balaban J connectivity index is 1.75. The minimum atomic E-state index is 0.218. The number of guanidine groups is 1. The standard InChI is InChI=1S/C13H23N3O/c1-2-13(10-5-6-10)9-15-12(14)16(13)8-11-4-3-7-17-11/h10-11H,2-9H2,1H3,(H2,14,15). The Bertz CT molecular complexity index is 321. The zero-order valence-electron chi connectivity index (χ0n) is 10.7. The summed E-state index contributed by atoms with van der Waals surface area (Å²) in [5.74, 6) is 1.55. The fourth-order valence-electron chi connectivity index (χ4n) is 3.45. The van der Waals surface area contributed by atoms with Crippen molar-refractivity contribution >= 4 is 5.96 Å². The molecule has 3 aliphatic rings. The van der Waals surface area contributed by atoms with Crippen LogP contribution in [0, 0.1) is 5.92 Å². The lowest BCUT2D eigenvalue weighted by Gasteiger charge is -2.40. The Labute approximate surface area is 103 Å². The van der Waals surface area contributed by atoms with E-state index >= 15 is 0 Å². The molecule has 2 fully saturated rings. The van der Waals surface area contributed by atoms with E-state index in [-0.39, 0.29) is 5.54 Å². The molecule has 0 aromatic rings. The minimum absolute atomic E-state index is 0.218. The summed E-state index contributed by atoms with van der Waals surface area (Å²) < 4.78 is 5.75. The lowest BCUT2D eigenvalue weighted by molar-refractivity contribution is 0.0572. The number of ether oxygens (including phenoxy) is 1. The first-order valence-corrected chi connectivity index (χ1v) is 6.95. The monoisotopic (exact) mass is 237 g/mol. The van der Waals surface area contributed by atoms with Crippen molar-refractivity contribution in [3.05, 3.63) is 0 Å². The first kappa shape index (κ1) is 11.3. The van der Waals surface area contributed by atoms with Crippen molar-refractivity contribution in [1.29, 1.82) is 0 Å². The van der Waals surface area contributed by atoms with Gasteiger partial charge >= 0.3 is 0 Å². The van der Waals surface area contributed by atoms with Crippen LogP contribution in [-0.4, -0.2) is 42.2 Å². The molecule has 2 atom stereocenters. The Morgan fingerprint density at radius 3 is 2.88 bits per heavy atom. The second kappa shape index (κ2) is 4.16. The zero-order valence-corrected chi connectivity index (χ0v) is 10.7. The Hall–Kier alpha value is -0.770. The molecule has 0 bridgehead atoms. The highest BCUT2D eigenvalue weighted by atomic mass is 16.5. The molecule has 1 saturated heterocycles. The van der Waals surface area contributed by atoms with E-state index < -0.39 is 0 Å². The molecule has 4 heteroatoms. The van der Waals surface area contributed by atoms with Crippen LogP contribution in [0.15, 0.2) is 4.99 Å². The molecule has 0 aromatic heterocycles. The van der Waals surface area contributed by atoms with Gasteiger partial charge in [0.2, 0.25) is 0 Å². The molecule has 96 valence electrons. The van der Waals surface area contributed by atoms with E-state index in [0.717, 1.165) is 38.0 Å². The predicted molar refractivity (Wildman–Crippen MR) is 67.9 cm³/mol. The highest BCUT2D eigenvalue weighted by molar-refractivity contribution is 5.81. The molecule has 2 aliphatic heterocycles. The van der Waals surface area contributed by atoms with Gasteiger partial charge in [-0.15, -0.1) is 0 Å². The Kier molecular flexibility index (Phi) is 2.77. The first-order valence-electron chi connectivity index (χ1n) is 6.95. The largest absolute Gasteiger partial charge is 0.376 e. The zero-order chi connectivity index (χ0) is 11.9. The van der Waals surface area contributed by atoms with Crippen LogP contribution in [0.1, 0.15) is 39.0 Å². The van der Waals surface area contributed by atoms with Crippen molar-refractivity contribution in [1.82, 2.24) is 4.90 Å². The predicted octanol–water partition coefficient (Wildman–Crippen LogP) is 1.35. The van der Waals surface area contributed by atoms with Crippen LogP contribution in [0.3, 0.4) is 0 Å². The quantitative estimate of drug-likeness (QED) is 0.803. The minimum Gasteiger partial charge on any atom is -0.376 e. The van der Waals surface area contributed by atoms with E-state index in [1.54, 1.807) is 0 Å². The summed E-state index contributed by atoms with van der Waals surface area (Å²) in [6.07, 6.45) is 6.57. The topological polar surface area (TPSA) is 50.8 Å². The van der Waals surface area contributed by atoms with Gasteiger partial charge < -0.3 is 15.4 Å². The summed E-state index contributed by atoms with van der Waals surface area (Å²) in [5, 5.41) is 0. The molecular formula is C13H23N3O. The van der Waals surface area contributed by atoms with Gasteiger partial charge in [0.15, 0.2) is 5.96 Å². The molecule has 2 heterocycles. The SMILES string of the molecule is CCC1(C2CC2)CN=C(N)N1CC1CCCO1. The van der Waals surface area contributed by atoms with Crippen LogP contribution >= 0.6 is 0 Å². The van der Waals surface area contributed by atoms with Gasteiger partial charge in [-0.1, -0.05) is 6.92 Å². The average molecular weight is 237 g/mol. The second-order valence-corrected chi connectivity index (χ2v) is 5.65. The highest BCUT2D eigenvalue weighted by Crippen LogP contribution is 2.47. The molecule has 3 rings (SSSR count).